The van der Waals surface area contributed by atoms with Crippen LogP contribution >= 0.6 is 0 Å². The van der Waals surface area contributed by atoms with Gasteiger partial charge in [-0.2, -0.15) is 0 Å². The van der Waals surface area contributed by atoms with Crippen molar-refractivity contribution in [2.24, 2.45) is 4.99 Å². The summed E-state index contributed by atoms with van der Waals surface area (Å²) in [6.07, 6.45) is 3.39. The van der Waals surface area contributed by atoms with E-state index in [1.807, 2.05) is 32.0 Å². The van der Waals surface area contributed by atoms with E-state index in [-0.39, 0.29) is 5.78 Å². The molecule has 0 fully saturated rings. The lowest BCUT2D eigenvalue weighted by Crippen LogP contribution is -1.93. The Hall–Kier alpha value is -1.96. The van der Waals surface area contributed by atoms with Crippen LogP contribution < -0.4 is 0 Å². The smallest absolute Gasteiger partial charge is 0.152 e. The molecule has 0 atom stereocenters. The third-order valence-corrected chi connectivity index (χ3v) is 2.74. The van der Waals surface area contributed by atoms with Crippen molar-refractivity contribution in [3.63, 3.8) is 0 Å². The van der Waals surface area contributed by atoms with Gasteiger partial charge >= 0.3 is 0 Å². The second-order valence-corrected chi connectivity index (χ2v) is 4.38. The number of hydrogen-bond acceptors (Lipinski definition) is 2. The number of carbonyl (C=O) groups excluding carboxylic acids is 1. The Kier molecular flexibility index (Phi) is 4.78. The molecule has 0 aliphatic carbocycles. The molecule has 0 amide bonds. The molecule has 0 unspecified atom stereocenters. The molecule has 0 aromatic heterocycles. The van der Waals surface area contributed by atoms with Gasteiger partial charge in [-0.05, 0) is 60.8 Å². The zero-order valence-corrected chi connectivity index (χ0v) is 11.4. The molecule has 2 nitrogen and oxygen atoms in total. The van der Waals surface area contributed by atoms with E-state index >= 15 is 0 Å². The van der Waals surface area contributed by atoms with E-state index in [9.17, 15) is 4.79 Å². The van der Waals surface area contributed by atoms with Crippen LogP contribution in [0.2, 0.25) is 0 Å². The Morgan fingerprint density at radius 1 is 1.33 bits per heavy atom. The number of benzene rings is 1. The standard InChI is InChI=1S/C16H19NO/c1-11-6-7-15(13(3)10-17-5)9-16(11)12(2)8-14(4)18/h6-10H,3H2,1-2,4-5H3/b12-8-,17-10?. The number of aryl methyl sites for hydroxylation is 1. The van der Waals surface area contributed by atoms with Gasteiger partial charge in [0.15, 0.2) is 5.78 Å². The summed E-state index contributed by atoms with van der Waals surface area (Å²) in [7, 11) is 1.72. The molecule has 0 heterocycles. The van der Waals surface area contributed by atoms with E-state index in [4.69, 9.17) is 0 Å². The summed E-state index contributed by atoms with van der Waals surface area (Å²) in [5.41, 5.74) is 5.10. The summed E-state index contributed by atoms with van der Waals surface area (Å²) in [6, 6.07) is 6.11. The van der Waals surface area contributed by atoms with Gasteiger partial charge in [-0.1, -0.05) is 18.7 Å². The maximum Gasteiger partial charge on any atom is 0.152 e. The number of ketones is 1. The fourth-order valence-corrected chi connectivity index (χ4v) is 1.86. The van der Waals surface area contributed by atoms with Gasteiger partial charge in [0, 0.05) is 13.3 Å². The van der Waals surface area contributed by atoms with Crippen molar-refractivity contribution in [1.29, 1.82) is 0 Å². The van der Waals surface area contributed by atoms with E-state index in [2.05, 4.69) is 11.6 Å². The van der Waals surface area contributed by atoms with Crippen molar-refractivity contribution < 1.29 is 4.79 Å². The average Bonchev–Trinajstić information content (AvgIpc) is 2.28. The minimum atomic E-state index is 0.0613. The predicted molar refractivity (Wildman–Crippen MR) is 79.0 cm³/mol. The Morgan fingerprint density at radius 3 is 2.56 bits per heavy atom. The molecule has 18 heavy (non-hydrogen) atoms. The lowest BCUT2D eigenvalue weighted by atomic mass is 9.96. The molecule has 0 radical (unpaired) electrons. The highest BCUT2D eigenvalue weighted by Gasteiger charge is 2.04. The maximum absolute atomic E-state index is 11.1. The zero-order chi connectivity index (χ0) is 13.7. The first kappa shape index (κ1) is 14.1. The van der Waals surface area contributed by atoms with Crippen molar-refractivity contribution in [1.82, 2.24) is 0 Å². The molecule has 94 valence electrons. The van der Waals surface area contributed by atoms with E-state index in [1.54, 1.807) is 26.3 Å². The minimum absolute atomic E-state index is 0.0613. The Labute approximate surface area is 109 Å². The number of allylic oxidation sites excluding steroid dienone is 3. The van der Waals surface area contributed by atoms with Gasteiger partial charge in [0.2, 0.25) is 0 Å². The van der Waals surface area contributed by atoms with Crippen molar-refractivity contribution in [2.45, 2.75) is 20.8 Å². The normalized spacial score (nSPS) is 11.9. The molecule has 1 aromatic rings. The van der Waals surface area contributed by atoms with Gasteiger partial charge in [-0.15, -0.1) is 0 Å². The third-order valence-electron chi connectivity index (χ3n) is 2.74. The summed E-state index contributed by atoms with van der Waals surface area (Å²) in [5, 5.41) is 0. The quantitative estimate of drug-likeness (QED) is 0.583. The highest BCUT2D eigenvalue weighted by Crippen LogP contribution is 2.22. The van der Waals surface area contributed by atoms with Crippen LogP contribution in [-0.4, -0.2) is 19.0 Å². The Balaban J connectivity index is 3.25. The first-order chi connectivity index (χ1) is 8.45. The SMILES string of the molecule is C=C(C=NC)c1ccc(C)c(/C(C)=C\C(C)=O)c1. The number of carbonyl (C=O) groups is 1. The largest absolute Gasteiger partial charge is 0.296 e. The molecule has 1 aromatic carbocycles. The summed E-state index contributed by atoms with van der Waals surface area (Å²) in [5.74, 6) is 0.0613. The third kappa shape index (κ3) is 3.52. The summed E-state index contributed by atoms with van der Waals surface area (Å²) < 4.78 is 0. The highest BCUT2D eigenvalue weighted by molar-refractivity contribution is 6.09. The fraction of sp³-hybridized carbons (Fsp3) is 0.250. The second kappa shape index (κ2) is 6.10. The predicted octanol–water partition coefficient (Wildman–Crippen LogP) is 3.70. The van der Waals surface area contributed by atoms with E-state index in [0.29, 0.717) is 0 Å². The highest BCUT2D eigenvalue weighted by atomic mass is 16.1. The van der Waals surface area contributed by atoms with Gasteiger partial charge in [0.1, 0.15) is 0 Å². The molecule has 0 aliphatic rings. The molecule has 2 heteroatoms. The van der Waals surface area contributed by atoms with Crippen LogP contribution in [0.1, 0.15) is 30.5 Å². The monoisotopic (exact) mass is 241 g/mol. The van der Waals surface area contributed by atoms with Crippen LogP contribution in [0.4, 0.5) is 0 Å². The van der Waals surface area contributed by atoms with E-state index < -0.39 is 0 Å². The van der Waals surface area contributed by atoms with Gasteiger partial charge in [0.25, 0.3) is 0 Å². The summed E-state index contributed by atoms with van der Waals surface area (Å²) >= 11 is 0. The first-order valence-electron chi connectivity index (χ1n) is 5.87. The minimum Gasteiger partial charge on any atom is -0.296 e. The van der Waals surface area contributed by atoms with Gasteiger partial charge in [-0.25, -0.2) is 0 Å². The second-order valence-electron chi connectivity index (χ2n) is 4.38. The molecule has 0 aliphatic heterocycles. The van der Waals surface area contributed by atoms with Crippen molar-refractivity contribution in [2.75, 3.05) is 7.05 Å². The van der Waals surface area contributed by atoms with Crippen molar-refractivity contribution in [3.05, 3.63) is 47.5 Å². The van der Waals surface area contributed by atoms with E-state index in [0.717, 1.165) is 27.8 Å². The van der Waals surface area contributed by atoms with Crippen molar-refractivity contribution >= 4 is 23.1 Å². The number of hydrogen-bond donors (Lipinski definition) is 0. The molecule has 1 rings (SSSR count). The average molecular weight is 241 g/mol. The van der Waals surface area contributed by atoms with Crippen LogP contribution in [-0.2, 0) is 4.79 Å². The number of aliphatic imine (C=N–C) groups is 1. The summed E-state index contributed by atoms with van der Waals surface area (Å²) in [6.45, 7) is 9.51. The van der Waals surface area contributed by atoms with Crippen LogP contribution in [0.5, 0.6) is 0 Å². The van der Waals surface area contributed by atoms with Gasteiger partial charge in [0.05, 0.1) is 0 Å². The van der Waals surface area contributed by atoms with Crippen LogP contribution in [0.15, 0.2) is 35.8 Å². The molecular weight excluding hydrogens is 222 g/mol. The van der Waals surface area contributed by atoms with Crippen LogP contribution in [0.3, 0.4) is 0 Å². The lowest BCUT2D eigenvalue weighted by molar-refractivity contribution is -0.112. The lowest BCUT2D eigenvalue weighted by Gasteiger charge is -2.09. The zero-order valence-electron chi connectivity index (χ0n) is 11.4. The molecule has 0 bridgehead atoms. The number of nitrogens with zero attached hydrogens (tertiary/aromatic N) is 1. The Morgan fingerprint density at radius 2 is 2.00 bits per heavy atom. The van der Waals surface area contributed by atoms with Crippen molar-refractivity contribution in [3.8, 4) is 0 Å². The Bertz CT molecular complexity index is 536. The van der Waals surface area contributed by atoms with Gasteiger partial charge < -0.3 is 0 Å². The van der Waals surface area contributed by atoms with E-state index in [1.165, 1.54) is 0 Å². The molecule has 0 N–H and O–H groups in total. The van der Waals surface area contributed by atoms with Gasteiger partial charge in [-0.3, -0.25) is 9.79 Å². The van der Waals surface area contributed by atoms with Crippen LogP contribution in [0.25, 0.3) is 11.1 Å². The molecular formula is C16H19NO. The first-order valence-corrected chi connectivity index (χ1v) is 5.87. The maximum atomic E-state index is 11.1. The molecule has 0 saturated carbocycles. The topological polar surface area (TPSA) is 29.4 Å². The fourth-order valence-electron chi connectivity index (χ4n) is 1.86. The molecule has 0 saturated heterocycles. The number of rotatable bonds is 4. The molecule has 0 spiro atoms. The summed E-state index contributed by atoms with van der Waals surface area (Å²) in [4.78, 5) is 15.1. The van der Waals surface area contributed by atoms with Crippen LogP contribution in [0, 0.1) is 6.92 Å².